The van der Waals surface area contributed by atoms with E-state index in [1.54, 1.807) is 60.7 Å². The molecule has 1 aliphatic heterocycles. The predicted molar refractivity (Wildman–Crippen MR) is 150 cm³/mol. The number of carbonyl (C=O) groups is 1. The summed E-state index contributed by atoms with van der Waals surface area (Å²) in [4.78, 5) is 32.4. The van der Waals surface area contributed by atoms with Gasteiger partial charge < -0.3 is 23.5 Å². The Balaban J connectivity index is 1.33. The lowest BCUT2D eigenvalue weighted by molar-refractivity contribution is -0.137. The van der Waals surface area contributed by atoms with E-state index in [4.69, 9.17) is 23.6 Å². The fourth-order valence-corrected chi connectivity index (χ4v) is 4.57. The van der Waals surface area contributed by atoms with Crippen LogP contribution in [0.4, 0.5) is 0 Å². The van der Waals surface area contributed by atoms with E-state index in [-0.39, 0.29) is 23.9 Å². The van der Waals surface area contributed by atoms with E-state index in [0.29, 0.717) is 65.6 Å². The lowest BCUT2D eigenvalue weighted by Crippen LogP contribution is -2.42. The highest BCUT2D eigenvalue weighted by molar-refractivity contribution is 5.88. The molecule has 1 fully saturated rings. The molecular formula is C30H26N4O6. The van der Waals surface area contributed by atoms with Crippen LogP contribution in [-0.4, -0.2) is 66.7 Å². The number of hydrogen-bond donors (Lipinski definition) is 0. The third-order valence-corrected chi connectivity index (χ3v) is 6.62. The van der Waals surface area contributed by atoms with Gasteiger partial charge in [-0.05, 0) is 48.0 Å². The number of nitrogens with zero attached hydrogens (tertiary/aromatic N) is 4. The van der Waals surface area contributed by atoms with Crippen molar-refractivity contribution in [1.29, 1.82) is 0 Å². The Morgan fingerprint density at radius 3 is 2.70 bits per heavy atom. The van der Waals surface area contributed by atoms with Crippen LogP contribution >= 0.6 is 0 Å². The average Bonchev–Trinajstić information content (AvgIpc) is 3.44. The Labute approximate surface area is 229 Å². The number of ether oxygens (including phenoxy) is 3. The highest BCUT2D eigenvalue weighted by Crippen LogP contribution is 2.32. The van der Waals surface area contributed by atoms with E-state index in [0.717, 1.165) is 5.39 Å². The summed E-state index contributed by atoms with van der Waals surface area (Å²) >= 11 is 0. The first-order valence-electron chi connectivity index (χ1n) is 12.8. The van der Waals surface area contributed by atoms with Gasteiger partial charge in [0.05, 0.1) is 42.8 Å². The molecule has 6 rings (SSSR count). The Morgan fingerprint density at radius 1 is 1.02 bits per heavy atom. The van der Waals surface area contributed by atoms with Crippen molar-refractivity contribution < 1.29 is 23.4 Å². The number of rotatable bonds is 7. The van der Waals surface area contributed by atoms with Crippen LogP contribution < -0.4 is 15.0 Å². The molecule has 1 aliphatic rings. The number of hydrogen-bond acceptors (Lipinski definition) is 8. The average molecular weight is 539 g/mol. The summed E-state index contributed by atoms with van der Waals surface area (Å²) in [6, 6.07) is 21.5. The number of morpholine rings is 1. The fraction of sp³-hybridized carbons (Fsp3) is 0.200. The van der Waals surface area contributed by atoms with E-state index in [1.807, 2.05) is 30.3 Å². The Morgan fingerprint density at radius 2 is 1.85 bits per heavy atom. The molecule has 2 aromatic heterocycles. The number of para-hydroxylation sites is 1. The van der Waals surface area contributed by atoms with Crippen molar-refractivity contribution in [3.8, 4) is 23.1 Å². The standard InChI is InChI=1S/C30H26N4O6/c1-37-25-10-5-11-26-23(25)17-27(40-26)29-32-24-9-3-2-8-22(24)30(36)34(29)31-18-20-6-4-7-21(16-20)39-19-28(35)33-12-14-38-15-13-33/h2-11,16-18H,12-15,19H2,1H3. The first-order chi connectivity index (χ1) is 19.6. The van der Waals surface area contributed by atoms with Crippen LogP contribution in [0.2, 0.25) is 0 Å². The molecule has 0 saturated carbocycles. The Bertz CT molecular complexity index is 1780. The van der Waals surface area contributed by atoms with Crippen molar-refractivity contribution in [3.05, 3.63) is 88.7 Å². The zero-order valence-electron chi connectivity index (χ0n) is 21.8. The Kier molecular flexibility index (Phi) is 6.98. The third-order valence-electron chi connectivity index (χ3n) is 6.62. The molecule has 10 heteroatoms. The monoisotopic (exact) mass is 538 g/mol. The molecule has 40 heavy (non-hydrogen) atoms. The molecule has 0 aliphatic carbocycles. The van der Waals surface area contributed by atoms with Crippen molar-refractivity contribution in [3.63, 3.8) is 0 Å². The molecular weight excluding hydrogens is 512 g/mol. The number of furan rings is 1. The minimum absolute atomic E-state index is 0.0751. The van der Waals surface area contributed by atoms with Crippen molar-refractivity contribution in [2.45, 2.75) is 0 Å². The number of benzene rings is 3. The van der Waals surface area contributed by atoms with Crippen molar-refractivity contribution in [1.82, 2.24) is 14.6 Å². The molecule has 0 atom stereocenters. The molecule has 0 bridgehead atoms. The van der Waals surface area contributed by atoms with Crippen LogP contribution in [0.25, 0.3) is 33.5 Å². The van der Waals surface area contributed by atoms with E-state index >= 15 is 0 Å². The normalized spacial score (nSPS) is 13.8. The number of aromatic nitrogens is 2. The van der Waals surface area contributed by atoms with Gasteiger partial charge in [-0.1, -0.05) is 30.3 Å². The van der Waals surface area contributed by atoms with Gasteiger partial charge in [0.25, 0.3) is 11.5 Å². The van der Waals surface area contributed by atoms with Crippen LogP contribution in [0, 0.1) is 0 Å². The molecule has 0 unspecified atom stereocenters. The molecule has 0 spiro atoms. The number of fused-ring (bicyclic) bond motifs is 2. The molecule has 0 N–H and O–H groups in total. The van der Waals surface area contributed by atoms with Crippen LogP contribution in [0.1, 0.15) is 5.56 Å². The molecule has 3 heterocycles. The summed E-state index contributed by atoms with van der Waals surface area (Å²) in [5.74, 6) is 1.69. The minimum Gasteiger partial charge on any atom is -0.496 e. The van der Waals surface area contributed by atoms with Gasteiger partial charge in [-0.25, -0.2) is 4.98 Å². The third kappa shape index (κ3) is 5.04. The van der Waals surface area contributed by atoms with Gasteiger partial charge in [-0.3, -0.25) is 9.59 Å². The number of methoxy groups -OCH3 is 1. The van der Waals surface area contributed by atoms with Crippen molar-refractivity contribution in [2.24, 2.45) is 5.10 Å². The molecule has 0 radical (unpaired) electrons. The van der Waals surface area contributed by atoms with Gasteiger partial charge in [0.15, 0.2) is 12.4 Å². The second-order valence-electron chi connectivity index (χ2n) is 9.15. The molecule has 10 nitrogen and oxygen atoms in total. The predicted octanol–water partition coefficient (Wildman–Crippen LogP) is 3.94. The van der Waals surface area contributed by atoms with Gasteiger partial charge in [0.2, 0.25) is 5.82 Å². The van der Waals surface area contributed by atoms with E-state index in [1.165, 1.54) is 4.68 Å². The first kappa shape index (κ1) is 25.3. The molecule has 5 aromatic rings. The maximum Gasteiger partial charge on any atom is 0.282 e. The summed E-state index contributed by atoms with van der Waals surface area (Å²) in [5.41, 5.74) is 1.46. The van der Waals surface area contributed by atoms with Gasteiger partial charge in [-0.15, -0.1) is 0 Å². The van der Waals surface area contributed by atoms with Gasteiger partial charge in [0.1, 0.15) is 17.1 Å². The maximum absolute atomic E-state index is 13.5. The maximum atomic E-state index is 13.5. The summed E-state index contributed by atoms with van der Waals surface area (Å²) in [6.45, 7) is 2.11. The lowest BCUT2D eigenvalue weighted by atomic mass is 10.2. The smallest absolute Gasteiger partial charge is 0.282 e. The fourth-order valence-electron chi connectivity index (χ4n) is 4.57. The van der Waals surface area contributed by atoms with Crippen molar-refractivity contribution in [2.75, 3.05) is 40.0 Å². The topological polar surface area (TPSA) is 108 Å². The van der Waals surface area contributed by atoms with Gasteiger partial charge in [0, 0.05) is 13.1 Å². The van der Waals surface area contributed by atoms with Crippen LogP contribution in [0.5, 0.6) is 11.5 Å². The van der Waals surface area contributed by atoms with E-state index in [2.05, 4.69) is 5.10 Å². The van der Waals surface area contributed by atoms with Crippen LogP contribution in [0.15, 0.2) is 87.1 Å². The SMILES string of the molecule is COc1cccc2oc(-c3nc4ccccc4c(=O)n3N=Cc3cccc(OCC(=O)N4CCOCC4)c3)cc12. The Hall–Kier alpha value is -4.96. The largest absolute Gasteiger partial charge is 0.496 e. The first-order valence-corrected chi connectivity index (χ1v) is 12.8. The van der Waals surface area contributed by atoms with Gasteiger partial charge >= 0.3 is 0 Å². The summed E-state index contributed by atoms with van der Waals surface area (Å²) < 4.78 is 23.8. The van der Waals surface area contributed by atoms with Crippen molar-refractivity contribution >= 4 is 34.0 Å². The zero-order chi connectivity index (χ0) is 27.5. The minimum atomic E-state index is -0.340. The quantitative estimate of drug-likeness (QED) is 0.289. The molecule has 1 saturated heterocycles. The zero-order valence-corrected chi connectivity index (χ0v) is 21.8. The van der Waals surface area contributed by atoms with Crippen LogP contribution in [0.3, 0.4) is 0 Å². The highest BCUT2D eigenvalue weighted by atomic mass is 16.5. The second kappa shape index (κ2) is 11.0. The van der Waals surface area contributed by atoms with E-state index < -0.39 is 0 Å². The highest BCUT2D eigenvalue weighted by Gasteiger charge is 2.19. The molecule has 1 amide bonds. The summed E-state index contributed by atoms with van der Waals surface area (Å²) in [5, 5.41) is 5.69. The second-order valence-corrected chi connectivity index (χ2v) is 9.15. The van der Waals surface area contributed by atoms with E-state index in [9.17, 15) is 9.59 Å². The van der Waals surface area contributed by atoms with Gasteiger partial charge in [-0.2, -0.15) is 9.78 Å². The van der Waals surface area contributed by atoms with Crippen LogP contribution in [-0.2, 0) is 9.53 Å². The molecule has 3 aromatic carbocycles. The summed E-state index contributed by atoms with van der Waals surface area (Å²) in [7, 11) is 1.59. The number of amides is 1. The molecule has 202 valence electrons. The lowest BCUT2D eigenvalue weighted by Gasteiger charge is -2.26. The number of carbonyl (C=O) groups excluding carboxylic acids is 1. The summed E-state index contributed by atoms with van der Waals surface area (Å²) in [6.07, 6.45) is 1.54.